The van der Waals surface area contributed by atoms with Crippen molar-refractivity contribution in [3.63, 3.8) is 0 Å². The number of hydrogen-bond acceptors (Lipinski definition) is 2. The Kier molecular flexibility index (Phi) is 3.62. The third kappa shape index (κ3) is 3.21. The van der Waals surface area contributed by atoms with Gasteiger partial charge in [0.15, 0.2) is 0 Å². The van der Waals surface area contributed by atoms with E-state index in [0.29, 0.717) is 5.56 Å². The number of benzene rings is 1. The Morgan fingerprint density at radius 3 is 2.40 bits per heavy atom. The predicted octanol–water partition coefficient (Wildman–Crippen LogP) is 0.916. The quantitative estimate of drug-likeness (QED) is 0.696. The van der Waals surface area contributed by atoms with Gasteiger partial charge in [-0.1, -0.05) is 12.1 Å². The van der Waals surface area contributed by atoms with Crippen molar-refractivity contribution in [3.05, 3.63) is 35.6 Å². The highest BCUT2D eigenvalue weighted by Crippen LogP contribution is 2.17. The molecule has 1 aromatic carbocycles. The number of nitrogens with one attached hydrogen (secondary N) is 1. The van der Waals surface area contributed by atoms with Crippen LogP contribution < -0.4 is 11.1 Å². The second-order valence-corrected chi connectivity index (χ2v) is 3.28. The van der Waals surface area contributed by atoms with Gasteiger partial charge in [-0.2, -0.15) is 0 Å². The Morgan fingerprint density at radius 1 is 1.47 bits per heavy atom. The molecule has 15 heavy (non-hydrogen) atoms. The molecule has 0 aliphatic rings. The molecule has 5 heteroatoms. The van der Waals surface area contributed by atoms with E-state index < -0.39 is 18.2 Å². The van der Waals surface area contributed by atoms with Gasteiger partial charge in [-0.15, -0.1) is 0 Å². The van der Waals surface area contributed by atoms with Crippen LogP contribution in [-0.4, -0.2) is 17.2 Å². The second kappa shape index (κ2) is 4.75. The summed E-state index contributed by atoms with van der Waals surface area (Å²) in [7, 11) is 0. The van der Waals surface area contributed by atoms with Gasteiger partial charge in [0.25, 0.3) is 0 Å². The molecule has 2 amide bonds. The Hall–Kier alpha value is -1.62. The van der Waals surface area contributed by atoms with E-state index in [9.17, 15) is 14.3 Å². The van der Waals surface area contributed by atoms with E-state index in [2.05, 4.69) is 5.32 Å². The van der Waals surface area contributed by atoms with Crippen LogP contribution in [0.5, 0.6) is 0 Å². The average molecular weight is 212 g/mol. The molecule has 0 saturated heterocycles. The van der Waals surface area contributed by atoms with Gasteiger partial charge in [0.1, 0.15) is 5.82 Å². The number of aliphatic hydroxyl groups excluding tert-OH is 1. The monoisotopic (exact) mass is 212 g/mol. The van der Waals surface area contributed by atoms with Crippen LogP contribution in [0.25, 0.3) is 0 Å². The maximum atomic E-state index is 12.6. The van der Waals surface area contributed by atoms with Crippen LogP contribution in [0, 0.1) is 5.82 Å². The second-order valence-electron chi connectivity index (χ2n) is 3.28. The van der Waals surface area contributed by atoms with Gasteiger partial charge in [-0.3, -0.25) is 0 Å². The lowest BCUT2D eigenvalue weighted by atomic mass is 10.0. The minimum Gasteiger partial charge on any atom is -0.391 e. The van der Waals surface area contributed by atoms with E-state index >= 15 is 0 Å². The van der Waals surface area contributed by atoms with Crippen LogP contribution in [0.4, 0.5) is 9.18 Å². The minimum atomic E-state index is -0.803. The predicted molar refractivity (Wildman–Crippen MR) is 53.5 cm³/mol. The Morgan fingerprint density at radius 2 is 2.00 bits per heavy atom. The third-order valence-electron chi connectivity index (χ3n) is 2.01. The van der Waals surface area contributed by atoms with Gasteiger partial charge in [0.05, 0.1) is 12.1 Å². The fourth-order valence-corrected chi connectivity index (χ4v) is 1.31. The van der Waals surface area contributed by atoms with Crippen molar-refractivity contribution in [1.29, 1.82) is 0 Å². The number of aliphatic hydroxyl groups is 1. The molecule has 4 N–H and O–H groups in total. The molecule has 4 nitrogen and oxygen atoms in total. The van der Waals surface area contributed by atoms with Crippen LogP contribution in [0.2, 0.25) is 0 Å². The molecule has 1 rings (SSSR count). The summed E-state index contributed by atoms with van der Waals surface area (Å²) in [4.78, 5) is 10.7. The molecule has 0 saturated carbocycles. The molecule has 2 atom stereocenters. The van der Waals surface area contributed by atoms with Gasteiger partial charge >= 0.3 is 6.03 Å². The largest absolute Gasteiger partial charge is 0.391 e. The van der Waals surface area contributed by atoms with Crippen LogP contribution in [0.15, 0.2) is 24.3 Å². The summed E-state index contributed by atoms with van der Waals surface area (Å²) in [6.07, 6.45) is -0.803. The van der Waals surface area contributed by atoms with Crippen molar-refractivity contribution in [2.24, 2.45) is 5.73 Å². The third-order valence-corrected chi connectivity index (χ3v) is 2.01. The first-order valence-corrected chi connectivity index (χ1v) is 4.50. The molecule has 0 unspecified atom stereocenters. The van der Waals surface area contributed by atoms with Crippen LogP contribution in [0.1, 0.15) is 18.5 Å². The van der Waals surface area contributed by atoms with Crippen molar-refractivity contribution < 1.29 is 14.3 Å². The first-order chi connectivity index (χ1) is 7.00. The topological polar surface area (TPSA) is 75.3 Å². The first kappa shape index (κ1) is 11.5. The highest BCUT2D eigenvalue weighted by Gasteiger charge is 2.18. The van der Waals surface area contributed by atoms with Gasteiger partial charge in [-0.25, -0.2) is 9.18 Å². The zero-order chi connectivity index (χ0) is 11.4. The minimum absolute atomic E-state index is 0.373. The lowest BCUT2D eigenvalue weighted by molar-refractivity contribution is 0.147. The number of amides is 2. The van der Waals surface area contributed by atoms with Gasteiger partial charge in [0, 0.05) is 0 Å². The number of hydrogen-bond donors (Lipinski definition) is 3. The zero-order valence-corrected chi connectivity index (χ0v) is 8.27. The summed E-state index contributed by atoms with van der Waals surface area (Å²) in [6.45, 7) is 1.52. The average Bonchev–Trinajstić information content (AvgIpc) is 2.15. The summed E-state index contributed by atoms with van der Waals surface area (Å²) >= 11 is 0. The lowest BCUT2D eigenvalue weighted by Crippen LogP contribution is -2.38. The van der Waals surface area contributed by atoms with Crippen molar-refractivity contribution in [2.45, 2.75) is 19.1 Å². The van der Waals surface area contributed by atoms with E-state index in [1.165, 1.54) is 31.2 Å². The summed E-state index contributed by atoms with van der Waals surface area (Å²) in [5.74, 6) is -0.373. The van der Waals surface area contributed by atoms with Crippen molar-refractivity contribution in [2.75, 3.05) is 0 Å². The van der Waals surface area contributed by atoms with Crippen molar-refractivity contribution in [3.8, 4) is 0 Å². The Bertz CT molecular complexity index is 338. The number of rotatable bonds is 3. The molecule has 0 aliphatic heterocycles. The maximum absolute atomic E-state index is 12.6. The highest BCUT2D eigenvalue weighted by atomic mass is 19.1. The Balaban J connectivity index is 2.88. The molecular formula is C10H13FN2O2. The van der Waals surface area contributed by atoms with E-state index in [0.717, 1.165) is 0 Å². The molecule has 0 bridgehead atoms. The van der Waals surface area contributed by atoms with Gasteiger partial charge in [-0.05, 0) is 24.6 Å². The first-order valence-electron chi connectivity index (χ1n) is 4.50. The zero-order valence-electron chi connectivity index (χ0n) is 8.27. The molecule has 0 aromatic heterocycles. The molecule has 0 fully saturated rings. The number of urea groups is 1. The van der Waals surface area contributed by atoms with Crippen LogP contribution in [-0.2, 0) is 0 Å². The smallest absolute Gasteiger partial charge is 0.312 e. The van der Waals surface area contributed by atoms with Crippen LogP contribution in [0.3, 0.4) is 0 Å². The molecule has 0 spiro atoms. The number of primary amides is 1. The maximum Gasteiger partial charge on any atom is 0.312 e. The van der Waals surface area contributed by atoms with Gasteiger partial charge in [0.2, 0.25) is 0 Å². The van der Waals surface area contributed by atoms with E-state index in [1.807, 2.05) is 0 Å². The molecule has 0 heterocycles. The molecule has 82 valence electrons. The summed E-state index contributed by atoms with van der Waals surface area (Å²) in [5.41, 5.74) is 5.57. The van der Waals surface area contributed by atoms with E-state index in [4.69, 9.17) is 5.73 Å². The Labute approximate surface area is 86.9 Å². The molecular weight excluding hydrogens is 199 g/mol. The molecule has 0 radical (unpaired) electrons. The highest BCUT2D eigenvalue weighted by molar-refractivity contribution is 5.72. The van der Waals surface area contributed by atoms with E-state index in [1.54, 1.807) is 0 Å². The summed E-state index contributed by atoms with van der Waals surface area (Å²) in [5, 5.41) is 11.8. The lowest BCUT2D eigenvalue weighted by Gasteiger charge is -2.20. The van der Waals surface area contributed by atoms with Gasteiger partial charge < -0.3 is 16.2 Å². The fourth-order valence-electron chi connectivity index (χ4n) is 1.31. The van der Waals surface area contributed by atoms with Crippen molar-refractivity contribution in [1.82, 2.24) is 5.32 Å². The normalized spacial score (nSPS) is 14.3. The van der Waals surface area contributed by atoms with E-state index in [-0.39, 0.29) is 5.82 Å². The standard InChI is InChI=1S/C10H13FN2O2/c1-6(14)9(13-10(12)15)7-2-4-8(11)5-3-7/h2-6,9,14H,1H3,(H3,12,13,15)/t6-,9-/m1/s1. The van der Waals surface area contributed by atoms with Crippen LogP contribution >= 0.6 is 0 Å². The van der Waals surface area contributed by atoms with Crippen molar-refractivity contribution >= 4 is 6.03 Å². The number of carbonyl (C=O) groups excluding carboxylic acids is 1. The SMILES string of the molecule is C[C@@H](O)[C@@H](NC(N)=O)c1ccc(F)cc1. The number of carbonyl (C=O) groups is 1. The molecule has 0 aliphatic carbocycles. The summed E-state index contributed by atoms with van der Waals surface area (Å²) in [6, 6.07) is 4.14. The fraction of sp³-hybridized carbons (Fsp3) is 0.300. The summed E-state index contributed by atoms with van der Waals surface area (Å²) < 4.78 is 12.6. The number of nitrogens with two attached hydrogens (primary N) is 1. The molecule has 1 aromatic rings. The number of halogens is 1.